The van der Waals surface area contributed by atoms with Gasteiger partial charge in [0.05, 0.1) is 12.0 Å². The van der Waals surface area contributed by atoms with Crippen molar-refractivity contribution >= 4 is 29.1 Å². The van der Waals surface area contributed by atoms with Crippen molar-refractivity contribution in [3.05, 3.63) is 48.2 Å². The van der Waals surface area contributed by atoms with Gasteiger partial charge in [-0.3, -0.25) is 9.59 Å². The maximum absolute atomic E-state index is 12.3. The van der Waals surface area contributed by atoms with Gasteiger partial charge in [-0.1, -0.05) is 25.6 Å². The van der Waals surface area contributed by atoms with Crippen molar-refractivity contribution in [2.45, 2.75) is 25.5 Å². The van der Waals surface area contributed by atoms with Crippen LogP contribution in [-0.2, 0) is 4.79 Å². The molecule has 2 aromatic heterocycles. The van der Waals surface area contributed by atoms with Gasteiger partial charge in [0.2, 0.25) is 5.91 Å². The van der Waals surface area contributed by atoms with E-state index >= 15 is 0 Å². The Morgan fingerprint density at radius 2 is 1.93 bits per heavy atom. The van der Waals surface area contributed by atoms with Gasteiger partial charge < -0.3 is 14.2 Å². The number of furan rings is 1. The Labute approximate surface area is 160 Å². The van der Waals surface area contributed by atoms with E-state index in [1.807, 2.05) is 13.8 Å². The van der Waals surface area contributed by atoms with Crippen LogP contribution in [0.3, 0.4) is 0 Å². The average Bonchev–Trinajstić information content (AvgIpc) is 3.31. The zero-order valence-electron chi connectivity index (χ0n) is 15.0. The first-order valence-corrected chi connectivity index (χ1v) is 9.43. The van der Waals surface area contributed by atoms with Crippen LogP contribution in [0.4, 0.5) is 5.69 Å². The number of Topliss-reactive ketones (excluding diaryl/α,β-unsaturated/α-hetero) is 1. The van der Waals surface area contributed by atoms with Gasteiger partial charge in [0.25, 0.3) is 11.1 Å². The van der Waals surface area contributed by atoms with Crippen molar-refractivity contribution in [2.75, 3.05) is 11.1 Å². The number of rotatable bonds is 8. The van der Waals surface area contributed by atoms with Crippen LogP contribution in [0.5, 0.6) is 0 Å². The van der Waals surface area contributed by atoms with E-state index in [1.54, 1.807) is 36.4 Å². The van der Waals surface area contributed by atoms with Crippen LogP contribution < -0.4 is 5.32 Å². The molecule has 27 heavy (non-hydrogen) atoms. The summed E-state index contributed by atoms with van der Waals surface area (Å²) in [5, 5.41) is 10.9. The van der Waals surface area contributed by atoms with Gasteiger partial charge in [-0.15, -0.1) is 10.2 Å². The summed E-state index contributed by atoms with van der Waals surface area (Å²) >= 11 is 1.16. The van der Waals surface area contributed by atoms with Gasteiger partial charge in [0.1, 0.15) is 0 Å². The highest BCUT2D eigenvalue weighted by atomic mass is 32.2. The Morgan fingerprint density at radius 1 is 1.15 bits per heavy atom. The van der Waals surface area contributed by atoms with Crippen molar-refractivity contribution in [3.63, 3.8) is 0 Å². The molecular formula is C19H19N3O4S. The van der Waals surface area contributed by atoms with Crippen molar-refractivity contribution < 1.29 is 18.4 Å². The third kappa shape index (κ3) is 5.30. The van der Waals surface area contributed by atoms with Crippen molar-refractivity contribution in [2.24, 2.45) is 5.92 Å². The van der Waals surface area contributed by atoms with Gasteiger partial charge in [0, 0.05) is 17.7 Å². The number of carbonyl (C=O) groups excluding carboxylic acids is 2. The molecule has 3 aromatic rings. The zero-order valence-corrected chi connectivity index (χ0v) is 15.8. The molecule has 7 nitrogen and oxygen atoms in total. The van der Waals surface area contributed by atoms with E-state index in [9.17, 15) is 9.59 Å². The van der Waals surface area contributed by atoms with Crippen LogP contribution in [0.25, 0.3) is 11.7 Å². The summed E-state index contributed by atoms with van der Waals surface area (Å²) in [5.41, 5.74) is 1.22. The Hall–Kier alpha value is -2.87. The van der Waals surface area contributed by atoms with Gasteiger partial charge in [0.15, 0.2) is 11.5 Å². The van der Waals surface area contributed by atoms with Crippen molar-refractivity contribution in [1.82, 2.24) is 10.2 Å². The lowest BCUT2D eigenvalue weighted by Crippen LogP contribution is -2.14. The summed E-state index contributed by atoms with van der Waals surface area (Å²) in [6.45, 7) is 3.97. The predicted octanol–water partition coefficient (Wildman–Crippen LogP) is 4.29. The molecule has 1 amide bonds. The summed E-state index contributed by atoms with van der Waals surface area (Å²) in [6.07, 6.45) is 1.98. The maximum Gasteiger partial charge on any atom is 0.284 e. The van der Waals surface area contributed by atoms with Crippen LogP contribution in [0.1, 0.15) is 30.6 Å². The first-order chi connectivity index (χ1) is 13.0. The molecule has 0 atom stereocenters. The first kappa shape index (κ1) is 18.9. The number of benzene rings is 1. The van der Waals surface area contributed by atoms with E-state index in [0.29, 0.717) is 34.6 Å². The van der Waals surface area contributed by atoms with E-state index in [4.69, 9.17) is 8.83 Å². The van der Waals surface area contributed by atoms with Crippen LogP contribution in [-0.4, -0.2) is 27.6 Å². The molecular weight excluding hydrogens is 366 g/mol. The molecule has 0 fully saturated rings. The molecule has 3 rings (SSSR count). The highest BCUT2D eigenvalue weighted by Gasteiger charge is 2.14. The molecule has 0 spiro atoms. The fourth-order valence-electron chi connectivity index (χ4n) is 2.30. The van der Waals surface area contributed by atoms with E-state index in [1.165, 1.54) is 6.26 Å². The quantitative estimate of drug-likeness (QED) is 0.456. The first-order valence-electron chi connectivity index (χ1n) is 8.44. The number of hydrogen-bond donors (Lipinski definition) is 1. The molecule has 0 radical (unpaired) electrons. The standard InChI is InChI=1S/C19H19N3O4S/c1-12(2)10-17(24)20-14-7-5-13(6-8-14)15(23)11-27-19-22-21-18(26-19)16-4-3-9-25-16/h3-9,12H,10-11H2,1-2H3,(H,20,24). The van der Waals surface area contributed by atoms with Crippen molar-refractivity contribution in [3.8, 4) is 11.7 Å². The number of thioether (sulfide) groups is 1. The second-order valence-corrected chi connectivity index (χ2v) is 7.21. The molecule has 0 unspecified atom stereocenters. The normalized spacial score (nSPS) is 10.9. The third-order valence-electron chi connectivity index (χ3n) is 3.55. The van der Waals surface area contributed by atoms with E-state index < -0.39 is 0 Å². The predicted molar refractivity (Wildman–Crippen MR) is 102 cm³/mol. The van der Waals surface area contributed by atoms with Gasteiger partial charge in [-0.25, -0.2) is 0 Å². The minimum atomic E-state index is -0.0715. The molecule has 0 saturated carbocycles. The number of nitrogens with zero attached hydrogens (tertiary/aromatic N) is 2. The van der Waals surface area contributed by atoms with Crippen molar-refractivity contribution in [1.29, 1.82) is 0 Å². The molecule has 0 bridgehead atoms. The third-order valence-corrected chi connectivity index (χ3v) is 4.37. The minimum absolute atomic E-state index is 0.0385. The van der Waals surface area contributed by atoms with E-state index in [-0.39, 0.29) is 23.3 Å². The molecule has 8 heteroatoms. The summed E-state index contributed by atoms with van der Waals surface area (Å²) < 4.78 is 10.6. The van der Waals surface area contributed by atoms with Gasteiger partial charge in [-0.05, 0) is 42.3 Å². The van der Waals surface area contributed by atoms with Crippen LogP contribution in [0.2, 0.25) is 0 Å². The molecule has 1 aromatic carbocycles. The zero-order chi connectivity index (χ0) is 19.2. The number of aromatic nitrogens is 2. The fraction of sp³-hybridized carbons (Fsp3) is 0.263. The molecule has 140 valence electrons. The number of nitrogens with one attached hydrogen (secondary N) is 1. The molecule has 0 aliphatic rings. The SMILES string of the molecule is CC(C)CC(=O)Nc1ccc(C(=O)CSc2nnc(-c3ccco3)o2)cc1. The summed E-state index contributed by atoms with van der Waals surface area (Å²) in [4.78, 5) is 24.1. The lowest BCUT2D eigenvalue weighted by atomic mass is 10.1. The Bertz CT molecular complexity index is 901. The molecule has 0 saturated heterocycles. The summed E-state index contributed by atoms with van der Waals surface area (Å²) in [7, 11) is 0. The lowest BCUT2D eigenvalue weighted by Gasteiger charge is -2.07. The van der Waals surface area contributed by atoms with Gasteiger partial charge in [-0.2, -0.15) is 0 Å². The monoisotopic (exact) mass is 385 g/mol. The van der Waals surface area contributed by atoms with E-state index in [2.05, 4.69) is 15.5 Å². The molecule has 1 N–H and O–H groups in total. The topological polar surface area (TPSA) is 98.2 Å². The molecule has 2 heterocycles. The minimum Gasteiger partial charge on any atom is -0.459 e. The number of carbonyl (C=O) groups is 2. The Balaban J connectivity index is 1.53. The molecule has 0 aliphatic heterocycles. The van der Waals surface area contributed by atoms with Crippen LogP contribution in [0, 0.1) is 5.92 Å². The fourth-order valence-corrected chi connectivity index (χ4v) is 2.96. The smallest absolute Gasteiger partial charge is 0.284 e. The van der Waals surface area contributed by atoms with Gasteiger partial charge >= 0.3 is 0 Å². The molecule has 0 aliphatic carbocycles. The average molecular weight is 385 g/mol. The number of anilines is 1. The second-order valence-electron chi connectivity index (χ2n) is 6.29. The maximum atomic E-state index is 12.3. The number of hydrogen-bond acceptors (Lipinski definition) is 7. The highest BCUT2D eigenvalue weighted by molar-refractivity contribution is 7.99. The summed E-state index contributed by atoms with van der Waals surface area (Å²) in [6, 6.07) is 10.3. The largest absolute Gasteiger partial charge is 0.459 e. The van der Waals surface area contributed by atoms with Crippen LogP contribution in [0.15, 0.2) is 56.7 Å². The number of ketones is 1. The Morgan fingerprint density at radius 3 is 2.59 bits per heavy atom. The lowest BCUT2D eigenvalue weighted by molar-refractivity contribution is -0.116. The van der Waals surface area contributed by atoms with E-state index in [0.717, 1.165) is 11.8 Å². The second kappa shape index (κ2) is 8.68. The number of amides is 1. The Kier molecular flexibility index (Phi) is 6.08. The summed E-state index contributed by atoms with van der Waals surface area (Å²) in [5.74, 6) is 1.10. The van der Waals surface area contributed by atoms with Crippen LogP contribution >= 0.6 is 11.8 Å². The highest BCUT2D eigenvalue weighted by Crippen LogP contribution is 2.24.